The van der Waals surface area contributed by atoms with Gasteiger partial charge in [-0.15, -0.1) is 0 Å². The van der Waals surface area contributed by atoms with Crippen molar-refractivity contribution in [3.05, 3.63) is 65.4 Å². The molecule has 0 bridgehead atoms. The van der Waals surface area contributed by atoms with Gasteiger partial charge in [-0.2, -0.15) is 26.3 Å². The Morgan fingerprint density at radius 1 is 0.938 bits per heavy atom. The lowest BCUT2D eigenvalue weighted by Gasteiger charge is -2.14. The second-order valence-electron chi connectivity index (χ2n) is 6.86. The van der Waals surface area contributed by atoms with Crippen molar-refractivity contribution < 1.29 is 40.7 Å². The molecule has 5 nitrogen and oxygen atoms in total. The molecule has 0 aliphatic carbocycles. The van der Waals surface area contributed by atoms with Gasteiger partial charge in [0.2, 0.25) is 0 Å². The van der Waals surface area contributed by atoms with E-state index in [9.17, 15) is 35.9 Å². The maximum absolute atomic E-state index is 12.9. The molecule has 3 rings (SSSR count). The Labute approximate surface area is 177 Å². The van der Waals surface area contributed by atoms with Crippen LogP contribution in [0.4, 0.5) is 32.0 Å². The van der Waals surface area contributed by atoms with E-state index in [-0.39, 0.29) is 12.5 Å². The summed E-state index contributed by atoms with van der Waals surface area (Å²) in [7, 11) is 0. The number of anilines is 1. The van der Waals surface area contributed by atoms with Gasteiger partial charge < -0.3 is 15.0 Å². The van der Waals surface area contributed by atoms with E-state index < -0.39 is 47.7 Å². The largest absolute Gasteiger partial charge is 0.456 e. The van der Waals surface area contributed by atoms with E-state index >= 15 is 0 Å². The van der Waals surface area contributed by atoms with Gasteiger partial charge in [0.25, 0.3) is 5.91 Å². The minimum Gasteiger partial charge on any atom is -0.456 e. The summed E-state index contributed by atoms with van der Waals surface area (Å²) < 4.78 is 82.0. The summed E-state index contributed by atoms with van der Waals surface area (Å²) in [5.74, 6) is -1.82. The Balaban J connectivity index is 1.57. The van der Waals surface area contributed by atoms with Gasteiger partial charge in [-0.3, -0.25) is 9.59 Å². The third kappa shape index (κ3) is 5.80. The molecule has 1 amide bonds. The van der Waals surface area contributed by atoms with E-state index in [1.54, 1.807) is 6.20 Å². The third-order valence-electron chi connectivity index (χ3n) is 4.51. The molecule has 1 aromatic heterocycles. The summed E-state index contributed by atoms with van der Waals surface area (Å²) in [6.07, 6.45) is -8.12. The van der Waals surface area contributed by atoms with Crippen LogP contribution in [0.15, 0.2) is 48.7 Å². The molecule has 0 saturated heterocycles. The molecular weight excluding hydrogens is 442 g/mol. The summed E-state index contributed by atoms with van der Waals surface area (Å²) in [6, 6.07) is 8.08. The average Bonchev–Trinajstić information content (AvgIpc) is 3.12. The Hall–Kier alpha value is -3.50. The number of hydrogen-bond donors (Lipinski definition) is 2. The molecule has 0 aliphatic heterocycles. The first-order valence-electron chi connectivity index (χ1n) is 9.23. The molecular formula is C21H16F6N2O3. The maximum atomic E-state index is 12.9. The summed E-state index contributed by atoms with van der Waals surface area (Å²) in [4.78, 5) is 26.8. The minimum atomic E-state index is -5.05. The van der Waals surface area contributed by atoms with Crippen molar-refractivity contribution in [3.8, 4) is 0 Å². The highest BCUT2D eigenvalue weighted by molar-refractivity contribution is 5.93. The zero-order valence-electron chi connectivity index (χ0n) is 16.2. The number of aryl methyl sites for hydroxylation is 1. The summed E-state index contributed by atoms with van der Waals surface area (Å²) in [5, 5.41) is 2.81. The van der Waals surface area contributed by atoms with Gasteiger partial charge in [0.05, 0.1) is 11.1 Å². The number of carbonyl (C=O) groups is 2. The number of nitrogens with one attached hydrogen (secondary N) is 2. The van der Waals surface area contributed by atoms with Crippen LogP contribution in [-0.2, 0) is 33.1 Å². The SMILES string of the molecule is O=C(COC(=O)CCc1c[nH]c2ccccc12)Nc1cc(C(F)(F)F)cc(C(F)(F)F)c1. The summed E-state index contributed by atoms with van der Waals surface area (Å²) in [5.41, 5.74) is -2.12. The van der Waals surface area contributed by atoms with Crippen LogP contribution in [0, 0.1) is 0 Å². The number of amides is 1. The quantitative estimate of drug-likeness (QED) is 0.388. The molecule has 2 N–H and O–H groups in total. The monoisotopic (exact) mass is 458 g/mol. The van der Waals surface area contributed by atoms with Crippen molar-refractivity contribution in [2.45, 2.75) is 25.2 Å². The standard InChI is InChI=1S/C21H16F6N2O3/c22-20(23,24)13-7-14(21(25,26)27)9-15(8-13)29-18(30)11-32-19(31)6-5-12-10-28-17-4-2-1-3-16(12)17/h1-4,7-10,28H,5-6,11H2,(H,29,30). The zero-order chi connectivity index (χ0) is 23.5. The van der Waals surface area contributed by atoms with Gasteiger partial charge in [0, 0.05) is 29.2 Å². The number of alkyl halides is 6. The van der Waals surface area contributed by atoms with E-state index in [2.05, 4.69) is 4.98 Å². The lowest BCUT2D eigenvalue weighted by Crippen LogP contribution is -2.22. The highest BCUT2D eigenvalue weighted by atomic mass is 19.4. The van der Waals surface area contributed by atoms with E-state index in [0.29, 0.717) is 18.6 Å². The molecule has 0 atom stereocenters. The van der Waals surface area contributed by atoms with E-state index in [1.165, 1.54) is 0 Å². The van der Waals surface area contributed by atoms with Crippen molar-refractivity contribution >= 4 is 28.5 Å². The number of para-hydroxylation sites is 1. The molecule has 32 heavy (non-hydrogen) atoms. The topological polar surface area (TPSA) is 71.2 Å². The molecule has 2 aromatic carbocycles. The third-order valence-corrected chi connectivity index (χ3v) is 4.51. The number of carbonyl (C=O) groups excluding carboxylic acids is 2. The fraction of sp³-hybridized carbons (Fsp3) is 0.238. The number of aromatic nitrogens is 1. The van der Waals surface area contributed by atoms with Gasteiger partial charge in [0.15, 0.2) is 6.61 Å². The molecule has 170 valence electrons. The second-order valence-corrected chi connectivity index (χ2v) is 6.86. The first-order valence-corrected chi connectivity index (χ1v) is 9.23. The molecule has 0 saturated carbocycles. The van der Waals surface area contributed by atoms with Crippen LogP contribution in [0.3, 0.4) is 0 Å². The van der Waals surface area contributed by atoms with E-state index in [0.717, 1.165) is 16.5 Å². The van der Waals surface area contributed by atoms with Crippen molar-refractivity contribution in [3.63, 3.8) is 0 Å². The average molecular weight is 458 g/mol. The smallest absolute Gasteiger partial charge is 0.416 e. The Kier molecular flexibility index (Phi) is 6.47. The lowest BCUT2D eigenvalue weighted by atomic mass is 10.1. The molecule has 0 spiro atoms. The number of esters is 1. The second kappa shape index (κ2) is 8.93. The van der Waals surface area contributed by atoms with Crippen LogP contribution in [0.1, 0.15) is 23.1 Å². The Bertz CT molecular complexity index is 1100. The Morgan fingerprint density at radius 2 is 1.56 bits per heavy atom. The molecule has 0 fully saturated rings. The number of ether oxygens (including phenoxy) is 1. The number of benzene rings is 2. The zero-order valence-corrected chi connectivity index (χ0v) is 16.2. The van der Waals surface area contributed by atoms with Crippen LogP contribution in [0.25, 0.3) is 10.9 Å². The molecule has 3 aromatic rings. The number of fused-ring (bicyclic) bond motifs is 1. The van der Waals surface area contributed by atoms with Gasteiger partial charge in [0.1, 0.15) is 0 Å². The molecule has 0 unspecified atom stereocenters. The fourth-order valence-corrected chi connectivity index (χ4v) is 3.02. The molecule has 1 heterocycles. The first kappa shape index (κ1) is 23.2. The van der Waals surface area contributed by atoms with Gasteiger partial charge in [-0.1, -0.05) is 18.2 Å². The van der Waals surface area contributed by atoms with E-state index in [4.69, 9.17) is 4.74 Å². The summed E-state index contributed by atoms with van der Waals surface area (Å²) in [6.45, 7) is -0.857. The van der Waals surface area contributed by atoms with E-state index in [1.807, 2.05) is 29.6 Å². The van der Waals surface area contributed by atoms with Crippen LogP contribution in [-0.4, -0.2) is 23.5 Å². The number of aromatic amines is 1. The van der Waals surface area contributed by atoms with Crippen molar-refractivity contribution in [1.29, 1.82) is 0 Å². The highest BCUT2D eigenvalue weighted by Crippen LogP contribution is 2.37. The van der Waals surface area contributed by atoms with Crippen molar-refractivity contribution in [2.24, 2.45) is 0 Å². The lowest BCUT2D eigenvalue weighted by molar-refractivity contribution is -0.147. The molecule has 0 aliphatic rings. The van der Waals surface area contributed by atoms with Gasteiger partial charge in [-0.05, 0) is 36.2 Å². The van der Waals surface area contributed by atoms with Gasteiger partial charge in [-0.25, -0.2) is 0 Å². The number of rotatable bonds is 6. The van der Waals surface area contributed by atoms with Crippen LogP contribution < -0.4 is 5.32 Å². The highest BCUT2D eigenvalue weighted by Gasteiger charge is 2.37. The van der Waals surface area contributed by atoms with Crippen molar-refractivity contribution in [2.75, 3.05) is 11.9 Å². The van der Waals surface area contributed by atoms with Crippen LogP contribution in [0.2, 0.25) is 0 Å². The van der Waals surface area contributed by atoms with Crippen LogP contribution in [0.5, 0.6) is 0 Å². The van der Waals surface area contributed by atoms with Crippen molar-refractivity contribution in [1.82, 2.24) is 4.98 Å². The molecule has 11 heteroatoms. The number of hydrogen-bond acceptors (Lipinski definition) is 3. The fourth-order valence-electron chi connectivity index (χ4n) is 3.02. The summed E-state index contributed by atoms with van der Waals surface area (Å²) >= 11 is 0. The normalized spacial score (nSPS) is 12.1. The first-order chi connectivity index (χ1) is 14.9. The minimum absolute atomic E-state index is 0.0552. The molecule has 0 radical (unpaired) electrons. The number of H-pyrrole nitrogens is 1. The maximum Gasteiger partial charge on any atom is 0.416 e. The predicted molar refractivity (Wildman–Crippen MR) is 103 cm³/mol. The van der Waals surface area contributed by atoms with Gasteiger partial charge >= 0.3 is 18.3 Å². The number of halogens is 6. The van der Waals surface area contributed by atoms with Crippen LogP contribution >= 0.6 is 0 Å². The predicted octanol–water partition coefficient (Wildman–Crippen LogP) is 5.32. The Morgan fingerprint density at radius 3 is 2.19 bits per heavy atom.